The summed E-state index contributed by atoms with van der Waals surface area (Å²) in [5.41, 5.74) is -0.154. The van der Waals surface area contributed by atoms with Crippen molar-refractivity contribution in [3.63, 3.8) is 0 Å². The highest BCUT2D eigenvalue weighted by Crippen LogP contribution is 2.20. The van der Waals surface area contributed by atoms with Crippen molar-refractivity contribution >= 4 is 23.2 Å². The second-order valence-electron chi connectivity index (χ2n) is 5.37. The van der Waals surface area contributed by atoms with Crippen LogP contribution in [0.25, 0.3) is 0 Å². The first-order valence-corrected chi connectivity index (χ1v) is 7.56. The highest BCUT2D eigenvalue weighted by molar-refractivity contribution is 6.03. The van der Waals surface area contributed by atoms with Crippen LogP contribution in [0.3, 0.4) is 0 Å². The van der Waals surface area contributed by atoms with E-state index in [-0.39, 0.29) is 17.3 Å². The predicted molar refractivity (Wildman–Crippen MR) is 90.8 cm³/mol. The molecule has 1 amide bonds. The van der Waals surface area contributed by atoms with Gasteiger partial charge in [0.05, 0.1) is 5.69 Å². The molecule has 0 fully saturated rings. The standard InChI is InChI=1S/C18H13F3N4O/c1-10-9-15(17(26)25-16-12(20)6-4-7-13(16)21)24-18(22-10)23-14-8-3-2-5-11(14)19/h2-9H,1H3,(H,25,26)(H,22,23,24). The van der Waals surface area contributed by atoms with Crippen LogP contribution < -0.4 is 10.6 Å². The molecule has 0 spiro atoms. The van der Waals surface area contributed by atoms with Crippen molar-refractivity contribution in [2.24, 2.45) is 0 Å². The van der Waals surface area contributed by atoms with Crippen LogP contribution in [-0.2, 0) is 0 Å². The summed E-state index contributed by atoms with van der Waals surface area (Å²) >= 11 is 0. The van der Waals surface area contributed by atoms with Crippen LogP contribution in [0.5, 0.6) is 0 Å². The number of para-hydroxylation sites is 2. The van der Waals surface area contributed by atoms with E-state index in [0.29, 0.717) is 5.69 Å². The Balaban J connectivity index is 1.87. The third-order valence-corrected chi connectivity index (χ3v) is 3.41. The lowest BCUT2D eigenvalue weighted by atomic mass is 10.2. The van der Waals surface area contributed by atoms with Gasteiger partial charge in [0.1, 0.15) is 28.8 Å². The van der Waals surface area contributed by atoms with Gasteiger partial charge in [0, 0.05) is 5.69 Å². The van der Waals surface area contributed by atoms with Gasteiger partial charge in [-0.05, 0) is 37.3 Å². The van der Waals surface area contributed by atoms with Gasteiger partial charge in [-0.1, -0.05) is 18.2 Å². The molecule has 3 rings (SSSR count). The second kappa shape index (κ2) is 7.22. The summed E-state index contributed by atoms with van der Waals surface area (Å²) in [5.74, 6) is -3.18. The molecule has 0 saturated heterocycles. The molecule has 0 aliphatic rings. The third-order valence-electron chi connectivity index (χ3n) is 3.41. The fraction of sp³-hybridized carbons (Fsp3) is 0.0556. The zero-order valence-corrected chi connectivity index (χ0v) is 13.6. The largest absolute Gasteiger partial charge is 0.322 e. The lowest BCUT2D eigenvalue weighted by molar-refractivity contribution is 0.102. The van der Waals surface area contributed by atoms with E-state index in [4.69, 9.17) is 0 Å². The monoisotopic (exact) mass is 358 g/mol. The van der Waals surface area contributed by atoms with E-state index in [0.717, 1.165) is 12.1 Å². The van der Waals surface area contributed by atoms with E-state index in [9.17, 15) is 18.0 Å². The van der Waals surface area contributed by atoms with Crippen molar-refractivity contribution in [1.82, 2.24) is 9.97 Å². The van der Waals surface area contributed by atoms with Gasteiger partial charge in [0.15, 0.2) is 0 Å². The lowest BCUT2D eigenvalue weighted by Gasteiger charge is -2.10. The molecule has 3 aromatic rings. The normalized spacial score (nSPS) is 10.5. The molecule has 0 aliphatic carbocycles. The van der Waals surface area contributed by atoms with E-state index in [1.807, 2.05) is 0 Å². The van der Waals surface area contributed by atoms with Gasteiger partial charge in [-0.2, -0.15) is 0 Å². The molecule has 1 aromatic heterocycles. The SMILES string of the molecule is Cc1cc(C(=O)Nc2c(F)cccc2F)nc(Nc2ccccc2F)n1. The molecular formula is C18H13F3N4O. The molecule has 2 aromatic carbocycles. The molecule has 0 saturated carbocycles. The number of benzene rings is 2. The van der Waals surface area contributed by atoms with Gasteiger partial charge in [-0.3, -0.25) is 4.79 Å². The maximum atomic E-state index is 13.7. The molecule has 0 atom stereocenters. The fourth-order valence-electron chi connectivity index (χ4n) is 2.22. The lowest BCUT2D eigenvalue weighted by Crippen LogP contribution is -2.17. The Hall–Kier alpha value is -3.42. The number of halogens is 3. The number of amides is 1. The molecule has 26 heavy (non-hydrogen) atoms. The summed E-state index contributed by atoms with van der Waals surface area (Å²) in [6, 6.07) is 10.5. The quantitative estimate of drug-likeness (QED) is 0.734. The average Bonchev–Trinajstić information content (AvgIpc) is 2.59. The minimum Gasteiger partial charge on any atom is -0.322 e. The van der Waals surface area contributed by atoms with Crippen LogP contribution >= 0.6 is 0 Å². The number of hydrogen-bond acceptors (Lipinski definition) is 4. The van der Waals surface area contributed by atoms with E-state index >= 15 is 0 Å². The number of carbonyl (C=O) groups is 1. The minimum absolute atomic E-state index is 0.0192. The number of anilines is 3. The number of hydrogen-bond donors (Lipinski definition) is 2. The molecule has 0 unspecified atom stereocenters. The predicted octanol–water partition coefficient (Wildman–Crippen LogP) is 4.20. The van der Waals surface area contributed by atoms with Crippen molar-refractivity contribution in [3.8, 4) is 0 Å². The fourth-order valence-corrected chi connectivity index (χ4v) is 2.22. The van der Waals surface area contributed by atoms with Crippen LogP contribution in [0.15, 0.2) is 48.5 Å². The first-order valence-electron chi connectivity index (χ1n) is 7.56. The van der Waals surface area contributed by atoms with Gasteiger partial charge in [-0.15, -0.1) is 0 Å². The molecule has 0 bridgehead atoms. The van der Waals surface area contributed by atoms with E-state index in [1.165, 1.54) is 30.3 Å². The van der Waals surface area contributed by atoms with Crippen molar-refractivity contribution < 1.29 is 18.0 Å². The molecule has 1 heterocycles. The molecular weight excluding hydrogens is 345 g/mol. The summed E-state index contributed by atoms with van der Waals surface area (Å²) in [5, 5.41) is 4.81. The van der Waals surface area contributed by atoms with Crippen LogP contribution in [0.4, 0.5) is 30.5 Å². The summed E-state index contributed by atoms with van der Waals surface area (Å²) in [6.07, 6.45) is 0. The first-order chi connectivity index (χ1) is 12.4. The molecule has 8 heteroatoms. The van der Waals surface area contributed by atoms with Gasteiger partial charge >= 0.3 is 0 Å². The van der Waals surface area contributed by atoms with Crippen LogP contribution in [0.1, 0.15) is 16.2 Å². The molecule has 132 valence electrons. The average molecular weight is 358 g/mol. The molecule has 5 nitrogen and oxygen atoms in total. The molecule has 0 aliphatic heterocycles. The Morgan fingerprint density at radius 2 is 1.58 bits per heavy atom. The third kappa shape index (κ3) is 3.80. The summed E-state index contributed by atoms with van der Waals surface area (Å²) < 4.78 is 41.1. The van der Waals surface area contributed by atoms with Crippen molar-refractivity contribution in [2.45, 2.75) is 6.92 Å². The van der Waals surface area contributed by atoms with E-state index < -0.39 is 29.0 Å². The van der Waals surface area contributed by atoms with Crippen LogP contribution in [-0.4, -0.2) is 15.9 Å². The van der Waals surface area contributed by atoms with E-state index in [1.54, 1.807) is 13.0 Å². The van der Waals surface area contributed by atoms with Gasteiger partial charge in [-0.25, -0.2) is 23.1 Å². The Kier molecular flexibility index (Phi) is 4.83. The maximum absolute atomic E-state index is 13.7. The highest BCUT2D eigenvalue weighted by atomic mass is 19.1. The van der Waals surface area contributed by atoms with Crippen molar-refractivity contribution in [2.75, 3.05) is 10.6 Å². The minimum atomic E-state index is -0.908. The maximum Gasteiger partial charge on any atom is 0.274 e. The zero-order valence-electron chi connectivity index (χ0n) is 13.6. The number of rotatable bonds is 4. The van der Waals surface area contributed by atoms with Gasteiger partial charge < -0.3 is 10.6 Å². The number of aromatic nitrogens is 2. The number of aryl methyl sites for hydroxylation is 1. The first kappa shape index (κ1) is 17.4. The van der Waals surface area contributed by atoms with Gasteiger partial charge in [0.25, 0.3) is 5.91 Å². The van der Waals surface area contributed by atoms with Crippen LogP contribution in [0, 0.1) is 24.4 Å². The molecule has 0 radical (unpaired) electrons. The van der Waals surface area contributed by atoms with Crippen LogP contribution in [0.2, 0.25) is 0 Å². The Labute approximate surface area is 146 Å². The van der Waals surface area contributed by atoms with Gasteiger partial charge in [0.2, 0.25) is 5.95 Å². The van der Waals surface area contributed by atoms with Crippen molar-refractivity contribution in [1.29, 1.82) is 0 Å². The number of nitrogens with one attached hydrogen (secondary N) is 2. The highest BCUT2D eigenvalue weighted by Gasteiger charge is 2.16. The summed E-state index contributed by atoms with van der Waals surface area (Å²) in [4.78, 5) is 20.4. The Morgan fingerprint density at radius 1 is 0.923 bits per heavy atom. The Bertz CT molecular complexity index is 958. The topological polar surface area (TPSA) is 66.9 Å². The molecule has 2 N–H and O–H groups in total. The Morgan fingerprint density at radius 3 is 2.27 bits per heavy atom. The number of nitrogens with zero attached hydrogens (tertiary/aromatic N) is 2. The summed E-state index contributed by atoms with van der Waals surface area (Å²) in [7, 11) is 0. The number of carbonyl (C=O) groups excluding carboxylic acids is 1. The second-order valence-corrected chi connectivity index (χ2v) is 5.37. The summed E-state index contributed by atoms with van der Waals surface area (Å²) in [6.45, 7) is 1.61. The van der Waals surface area contributed by atoms with Crippen molar-refractivity contribution in [3.05, 3.63) is 77.4 Å². The van der Waals surface area contributed by atoms with E-state index in [2.05, 4.69) is 20.6 Å². The zero-order chi connectivity index (χ0) is 18.7. The smallest absolute Gasteiger partial charge is 0.274 e.